The molecular formula is C18H42O5Ti. The second-order valence-corrected chi connectivity index (χ2v) is 8.77. The second kappa shape index (κ2) is 18.3. The minimum absolute atomic E-state index is 0. The minimum atomic E-state index is -0.750. The van der Waals surface area contributed by atoms with Crippen LogP contribution in [0.15, 0.2) is 0 Å². The Labute approximate surface area is 166 Å². The first-order chi connectivity index (χ1) is 9.41. The molecule has 1 N–H and O–H groups in total. The molecule has 5 nitrogen and oxygen atoms in total. The van der Waals surface area contributed by atoms with Crippen LogP contribution >= 0.6 is 0 Å². The minimum Gasteiger partial charge on any atom is -0.850 e. The van der Waals surface area contributed by atoms with E-state index in [4.69, 9.17) is 5.11 Å². The number of hydrogen-bond acceptors (Lipinski definition) is 5. The molecule has 0 aliphatic rings. The van der Waals surface area contributed by atoms with E-state index in [-0.39, 0.29) is 28.3 Å². The van der Waals surface area contributed by atoms with Crippen molar-refractivity contribution in [2.75, 3.05) is 6.61 Å². The maximum Gasteiger partial charge on any atom is 4.00 e. The monoisotopic (exact) mass is 386 g/mol. The van der Waals surface area contributed by atoms with Gasteiger partial charge in [-0.3, -0.25) is 0 Å². The van der Waals surface area contributed by atoms with Crippen molar-refractivity contribution >= 4 is 0 Å². The molecule has 0 aromatic carbocycles. The van der Waals surface area contributed by atoms with E-state index in [1.807, 2.05) is 0 Å². The summed E-state index contributed by atoms with van der Waals surface area (Å²) in [5.74, 6) is 0. The molecule has 0 atom stereocenters. The van der Waals surface area contributed by atoms with Crippen LogP contribution < -0.4 is 20.4 Å². The summed E-state index contributed by atoms with van der Waals surface area (Å²) in [6.45, 7) is 21.5. The summed E-state index contributed by atoms with van der Waals surface area (Å²) < 4.78 is 0. The van der Waals surface area contributed by atoms with Gasteiger partial charge >= 0.3 is 21.7 Å². The van der Waals surface area contributed by atoms with Gasteiger partial charge in [0.05, 0.1) is 0 Å². The number of aliphatic hydroxyl groups is 1. The van der Waals surface area contributed by atoms with Gasteiger partial charge in [0.2, 0.25) is 0 Å². The van der Waals surface area contributed by atoms with Crippen LogP contribution in [0.4, 0.5) is 0 Å². The molecule has 6 heteroatoms. The Morgan fingerprint density at radius 1 is 0.500 bits per heavy atom. The van der Waals surface area contributed by atoms with Crippen molar-refractivity contribution in [3.63, 3.8) is 0 Å². The summed E-state index contributed by atoms with van der Waals surface area (Å²) >= 11 is 0. The van der Waals surface area contributed by atoms with Crippen LogP contribution in [-0.2, 0) is 21.7 Å². The number of aliphatic hydroxyl groups excluding tert-OH is 1. The van der Waals surface area contributed by atoms with Gasteiger partial charge in [-0.2, -0.15) is 0 Å². The van der Waals surface area contributed by atoms with Crippen molar-refractivity contribution in [1.29, 1.82) is 0 Å². The summed E-state index contributed by atoms with van der Waals surface area (Å²) in [6.07, 6.45) is 0. The molecule has 0 aliphatic heterocycles. The number of rotatable bonds is 0. The Hall–Kier alpha value is 0.514. The predicted molar refractivity (Wildman–Crippen MR) is 91.8 cm³/mol. The molecular weight excluding hydrogens is 344 g/mol. The Balaban J connectivity index is -0.0000000422. The van der Waals surface area contributed by atoms with Crippen molar-refractivity contribution in [3.8, 4) is 0 Å². The maximum absolute atomic E-state index is 10.1. The fraction of sp³-hybridized carbons (Fsp3) is 1.00. The molecule has 0 spiro atoms. The SMILES string of the molecule is CC(C)(C)[O-].CC(C)(C)[O-].CC(C)(C)[O-].CC(C)(C)[O-].CCO.[Ti+4]. The van der Waals surface area contributed by atoms with Crippen LogP contribution in [0.25, 0.3) is 0 Å². The molecule has 0 rings (SSSR count). The summed E-state index contributed by atoms with van der Waals surface area (Å²) in [6, 6.07) is 0. The van der Waals surface area contributed by atoms with Gasteiger partial charge in [0.15, 0.2) is 0 Å². The first kappa shape index (κ1) is 39.5. The van der Waals surface area contributed by atoms with Crippen molar-refractivity contribution in [2.24, 2.45) is 0 Å². The molecule has 0 saturated heterocycles. The Bertz CT molecular complexity index is 146. The third-order valence-corrected chi connectivity index (χ3v) is 0. The second-order valence-electron chi connectivity index (χ2n) is 8.77. The average Bonchev–Trinajstić information content (AvgIpc) is 1.87. The fourth-order valence-corrected chi connectivity index (χ4v) is 0. The van der Waals surface area contributed by atoms with Crippen LogP contribution in [0.2, 0.25) is 0 Å². The van der Waals surface area contributed by atoms with E-state index in [2.05, 4.69) is 0 Å². The first-order valence-electron chi connectivity index (χ1n) is 7.84. The molecule has 0 unspecified atom stereocenters. The normalized spacial score (nSPS) is 10.8. The van der Waals surface area contributed by atoms with Gasteiger partial charge in [-0.05, 0) is 6.92 Å². The van der Waals surface area contributed by atoms with E-state index < -0.39 is 22.4 Å². The number of hydrogen-bond donors (Lipinski definition) is 1. The van der Waals surface area contributed by atoms with E-state index in [0.29, 0.717) is 0 Å². The molecule has 0 fully saturated rings. The zero-order valence-electron chi connectivity index (χ0n) is 18.3. The van der Waals surface area contributed by atoms with E-state index in [1.165, 1.54) is 0 Å². The Kier molecular flexibility index (Phi) is 30.2. The summed E-state index contributed by atoms with van der Waals surface area (Å²) in [5.41, 5.74) is -3.00. The predicted octanol–water partition coefficient (Wildman–Crippen LogP) is 0.577. The molecule has 0 saturated carbocycles. The van der Waals surface area contributed by atoms with Crippen LogP contribution in [0.5, 0.6) is 0 Å². The molecule has 0 radical (unpaired) electrons. The van der Waals surface area contributed by atoms with Crippen molar-refractivity contribution < 1.29 is 47.3 Å². The van der Waals surface area contributed by atoms with Gasteiger partial charge in [0.25, 0.3) is 0 Å². The first-order valence-corrected chi connectivity index (χ1v) is 7.84. The Morgan fingerprint density at radius 2 is 0.500 bits per heavy atom. The third-order valence-electron chi connectivity index (χ3n) is 0. The standard InChI is InChI=1S/4C4H9O.C2H6O.Ti/c4*1-4(2,3)5;1-2-3;/h4*1-3H3;3H,2H2,1H3;/q4*-1;;+4. The van der Waals surface area contributed by atoms with Gasteiger partial charge in [-0.25, -0.2) is 0 Å². The molecule has 148 valence electrons. The third kappa shape index (κ3) is 39400. The maximum atomic E-state index is 10.1. The summed E-state index contributed by atoms with van der Waals surface area (Å²) in [7, 11) is 0. The van der Waals surface area contributed by atoms with Crippen LogP contribution in [-0.4, -0.2) is 34.1 Å². The van der Waals surface area contributed by atoms with Crippen LogP contribution in [0.1, 0.15) is 90.0 Å². The quantitative estimate of drug-likeness (QED) is 0.612. The van der Waals surface area contributed by atoms with Gasteiger partial charge in [0.1, 0.15) is 0 Å². The zero-order chi connectivity index (χ0) is 20.7. The van der Waals surface area contributed by atoms with E-state index in [9.17, 15) is 20.4 Å². The van der Waals surface area contributed by atoms with E-state index in [0.717, 1.165) is 0 Å². The zero-order valence-corrected chi connectivity index (χ0v) is 19.8. The van der Waals surface area contributed by atoms with Crippen LogP contribution in [0.3, 0.4) is 0 Å². The summed E-state index contributed by atoms with van der Waals surface area (Å²) in [4.78, 5) is 0. The Morgan fingerprint density at radius 3 is 0.500 bits per heavy atom. The molecule has 24 heavy (non-hydrogen) atoms. The van der Waals surface area contributed by atoms with Crippen molar-refractivity contribution in [1.82, 2.24) is 0 Å². The molecule has 0 aliphatic carbocycles. The molecule has 0 aromatic rings. The molecule has 0 bridgehead atoms. The van der Waals surface area contributed by atoms with Gasteiger partial charge < -0.3 is 25.5 Å². The summed E-state index contributed by atoms with van der Waals surface area (Å²) in [5, 5.41) is 48.0. The van der Waals surface area contributed by atoms with Gasteiger partial charge in [-0.15, -0.1) is 22.4 Å². The van der Waals surface area contributed by atoms with Crippen molar-refractivity contribution in [2.45, 2.75) is 112 Å². The van der Waals surface area contributed by atoms with E-state index in [1.54, 1.807) is 90.0 Å². The largest absolute Gasteiger partial charge is 4.00 e. The van der Waals surface area contributed by atoms with Gasteiger partial charge in [-0.1, -0.05) is 83.1 Å². The van der Waals surface area contributed by atoms with Crippen LogP contribution in [0, 0.1) is 0 Å². The van der Waals surface area contributed by atoms with Gasteiger partial charge in [0, 0.05) is 6.61 Å². The average molecular weight is 386 g/mol. The molecule has 0 amide bonds. The topological polar surface area (TPSA) is 112 Å². The molecule has 0 aromatic heterocycles. The fourth-order valence-electron chi connectivity index (χ4n) is 0. The van der Waals surface area contributed by atoms with E-state index >= 15 is 0 Å². The molecule has 0 heterocycles. The smallest absolute Gasteiger partial charge is 0.850 e. The van der Waals surface area contributed by atoms with Crippen molar-refractivity contribution in [3.05, 3.63) is 0 Å².